The number of epoxide rings is 1. The minimum absolute atomic E-state index is 0.0466. The maximum absolute atomic E-state index is 13.2. The van der Waals surface area contributed by atoms with Crippen LogP contribution in [0.4, 0.5) is 0 Å². The Labute approximate surface area is 269 Å². The number of ether oxygens (including phenoxy) is 6. The summed E-state index contributed by atoms with van der Waals surface area (Å²) in [5.41, 5.74) is 0.349. The molecule has 0 unspecified atom stereocenters. The molecule has 2 spiro atoms. The number of carbonyl (C=O) groups excluding carboxylic acids is 2. The van der Waals surface area contributed by atoms with Gasteiger partial charge in [0.15, 0.2) is 0 Å². The van der Waals surface area contributed by atoms with E-state index in [0.29, 0.717) is 37.0 Å². The molecule has 3 heterocycles. The third kappa shape index (κ3) is 6.66. The van der Waals surface area contributed by atoms with E-state index in [1.54, 1.807) is 25.2 Å². The Morgan fingerprint density at radius 3 is 2.67 bits per heavy atom. The molecule has 2 aliphatic carbocycles. The van der Waals surface area contributed by atoms with Gasteiger partial charge in [0.2, 0.25) is 0 Å². The van der Waals surface area contributed by atoms with Crippen LogP contribution in [0.25, 0.3) is 0 Å². The monoisotopic (exact) mass is 642 g/mol. The van der Waals surface area contributed by atoms with Crippen LogP contribution < -0.4 is 0 Å². The van der Waals surface area contributed by atoms with Crippen LogP contribution in [0.1, 0.15) is 59.8 Å². The van der Waals surface area contributed by atoms with Crippen LogP contribution in [0.2, 0.25) is 0 Å². The smallest absolute Gasteiger partial charge is 0.331 e. The lowest BCUT2D eigenvalue weighted by Crippen LogP contribution is -2.66. The fraction of sp³-hybridized carbons (Fsp3) is 0.629. The molecule has 2 bridgehead atoms. The molecule has 0 aromatic carbocycles. The second-order valence-corrected chi connectivity index (χ2v) is 13.3. The first-order valence-corrected chi connectivity index (χ1v) is 16.1. The van der Waals surface area contributed by atoms with Gasteiger partial charge in [-0.2, -0.15) is 0 Å². The molecule has 46 heavy (non-hydrogen) atoms. The zero-order valence-electron chi connectivity index (χ0n) is 27.1. The number of allylic oxidation sites excluding steroid dienone is 3. The number of cyclic esters (lactones) is 1. The highest BCUT2D eigenvalue weighted by atomic mass is 16.6. The number of hydrogen-bond donors (Lipinski definition) is 2. The Balaban J connectivity index is 1.39. The van der Waals surface area contributed by atoms with E-state index >= 15 is 0 Å². The predicted molar refractivity (Wildman–Crippen MR) is 166 cm³/mol. The van der Waals surface area contributed by atoms with Crippen molar-refractivity contribution in [1.82, 2.24) is 0 Å². The molecule has 5 rings (SSSR count). The highest BCUT2D eigenvalue weighted by Gasteiger charge is 2.83. The number of carboxylic acids is 1. The Bertz CT molecular complexity index is 1340. The van der Waals surface area contributed by atoms with Crippen molar-refractivity contribution in [1.29, 1.82) is 0 Å². The van der Waals surface area contributed by atoms with Gasteiger partial charge in [-0.15, -0.1) is 0 Å². The van der Waals surface area contributed by atoms with Gasteiger partial charge >= 0.3 is 17.9 Å². The van der Waals surface area contributed by atoms with E-state index in [0.717, 1.165) is 12.5 Å². The van der Waals surface area contributed by atoms with Gasteiger partial charge in [-0.1, -0.05) is 42.4 Å². The molecular weight excluding hydrogens is 596 g/mol. The van der Waals surface area contributed by atoms with Gasteiger partial charge in [0, 0.05) is 30.1 Å². The number of esters is 2. The van der Waals surface area contributed by atoms with Gasteiger partial charge in [-0.05, 0) is 52.0 Å². The van der Waals surface area contributed by atoms with E-state index in [-0.39, 0.29) is 45.1 Å². The summed E-state index contributed by atoms with van der Waals surface area (Å²) >= 11 is 0. The SMILES string of the molecule is CC1=C[C@H]2O[C@@H]3C[C@H]4OC(=O)/C=C\C=C/[C@H]([C@@H](C)OCC/C(C)=C/C(=O)O)OCC/C(CO)=C\C(=O)OC[C@@]2(CC1)[C@]4(C)[C@]31CO1. The van der Waals surface area contributed by atoms with Crippen LogP contribution in [-0.2, 0) is 42.8 Å². The lowest BCUT2D eigenvalue weighted by Gasteiger charge is -2.58. The average Bonchev–Trinajstić information content (AvgIpc) is 3.78. The van der Waals surface area contributed by atoms with E-state index in [1.807, 2.05) is 6.92 Å². The molecule has 11 heteroatoms. The maximum atomic E-state index is 13.2. The first-order chi connectivity index (χ1) is 21.9. The fourth-order valence-corrected chi connectivity index (χ4v) is 7.68. The lowest BCUT2D eigenvalue weighted by atomic mass is 9.51. The minimum atomic E-state index is -1.01. The van der Waals surface area contributed by atoms with Crippen LogP contribution in [0, 0.1) is 10.8 Å². The summed E-state index contributed by atoms with van der Waals surface area (Å²) in [6.07, 6.45) is 11.6. The van der Waals surface area contributed by atoms with Crippen LogP contribution in [0.3, 0.4) is 0 Å². The topological polar surface area (TPSA) is 150 Å². The predicted octanol–water partition coefficient (Wildman–Crippen LogP) is 3.76. The lowest BCUT2D eigenvalue weighted by molar-refractivity contribution is -0.232. The molecule has 8 atom stereocenters. The molecule has 3 aliphatic heterocycles. The van der Waals surface area contributed by atoms with Gasteiger partial charge in [0.25, 0.3) is 0 Å². The number of carbonyl (C=O) groups is 3. The van der Waals surface area contributed by atoms with Crippen LogP contribution in [0.5, 0.6) is 0 Å². The summed E-state index contributed by atoms with van der Waals surface area (Å²) in [5.74, 6) is -2.08. The first kappa shape index (κ1) is 34.3. The van der Waals surface area contributed by atoms with Gasteiger partial charge in [0.05, 0.1) is 50.2 Å². The highest BCUT2D eigenvalue weighted by Crippen LogP contribution is 2.72. The van der Waals surface area contributed by atoms with Crippen molar-refractivity contribution in [3.8, 4) is 0 Å². The maximum Gasteiger partial charge on any atom is 0.331 e. The summed E-state index contributed by atoms with van der Waals surface area (Å²) in [4.78, 5) is 37.3. The number of aliphatic hydroxyl groups is 1. The molecule has 2 N–H and O–H groups in total. The second-order valence-electron chi connectivity index (χ2n) is 13.3. The standard InChI is InChI=1S/C35H46O11/c1-22-9-12-34-20-43-32(40)17-25(19-36)11-14-42-26(24(3)41-13-10-23(2)16-30(37)38)7-5-6-8-31(39)46-27-18-29(45-28(34)15-22)35(21-44-35)33(27,34)4/h5-8,15-17,24,26-29,36H,9-14,18-21H2,1-4H3,(H,37,38)/b7-5-,8-6-,23-16+,25-17+/t24-,26-,27-,28-,29-,33-,34-,35+/m1/s1. The second kappa shape index (κ2) is 13.9. The van der Waals surface area contributed by atoms with Crippen molar-refractivity contribution >= 4 is 17.9 Å². The Morgan fingerprint density at radius 2 is 1.96 bits per heavy atom. The van der Waals surface area contributed by atoms with Crippen LogP contribution in [-0.4, -0.2) is 97.3 Å². The Hall–Kier alpha value is -3.09. The molecule has 3 fully saturated rings. The van der Waals surface area contributed by atoms with Gasteiger partial charge in [-0.3, -0.25) is 0 Å². The molecule has 1 saturated carbocycles. The first-order valence-electron chi connectivity index (χ1n) is 16.1. The normalized spacial score (nSPS) is 39.8. The number of aliphatic carboxylic acids is 1. The number of carboxylic acid groups (broad SMARTS) is 1. The summed E-state index contributed by atoms with van der Waals surface area (Å²) < 4.78 is 36.9. The number of hydrogen-bond acceptors (Lipinski definition) is 10. The van der Waals surface area contributed by atoms with Gasteiger partial charge in [0.1, 0.15) is 24.4 Å². The van der Waals surface area contributed by atoms with Crippen LogP contribution in [0.15, 0.2) is 59.3 Å². The quantitative estimate of drug-likeness (QED) is 0.181. The number of rotatable bonds is 7. The summed E-state index contributed by atoms with van der Waals surface area (Å²) in [6, 6.07) is 0. The Kier molecular flexibility index (Phi) is 10.4. The largest absolute Gasteiger partial charge is 0.478 e. The van der Waals surface area contributed by atoms with Crippen LogP contribution >= 0.6 is 0 Å². The molecular formula is C35H46O11. The van der Waals surface area contributed by atoms with Crippen molar-refractivity contribution in [2.45, 2.75) is 95.9 Å². The van der Waals surface area contributed by atoms with E-state index in [4.69, 9.17) is 33.5 Å². The molecule has 5 aliphatic rings. The Morgan fingerprint density at radius 1 is 1.17 bits per heavy atom. The molecule has 0 amide bonds. The minimum Gasteiger partial charge on any atom is -0.478 e. The molecule has 11 nitrogen and oxygen atoms in total. The number of aliphatic hydroxyl groups excluding tert-OH is 1. The van der Waals surface area contributed by atoms with Gasteiger partial charge < -0.3 is 38.6 Å². The molecule has 252 valence electrons. The zero-order chi connectivity index (χ0) is 33.1. The molecule has 0 radical (unpaired) electrons. The fourth-order valence-electron chi connectivity index (χ4n) is 7.68. The molecule has 2 saturated heterocycles. The summed E-state index contributed by atoms with van der Waals surface area (Å²) in [6.45, 7) is 8.37. The van der Waals surface area contributed by atoms with Crippen molar-refractivity contribution in [2.75, 3.05) is 33.0 Å². The van der Waals surface area contributed by atoms with E-state index in [2.05, 4.69) is 19.9 Å². The van der Waals surface area contributed by atoms with E-state index in [1.165, 1.54) is 17.7 Å². The van der Waals surface area contributed by atoms with Crippen molar-refractivity contribution < 1.29 is 53.0 Å². The molecule has 0 aromatic heterocycles. The molecule has 0 aromatic rings. The van der Waals surface area contributed by atoms with Crippen molar-refractivity contribution in [3.63, 3.8) is 0 Å². The highest BCUT2D eigenvalue weighted by molar-refractivity contribution is 5.83. The van der Waals surface area contributed by atoms with Gasteiger partial charge in [-0.25, -0.2) is 14.4 Å². The van der Waals surface area contributed by atoms with E-state index < -0.39 is 52.7 Å². The zero-order valence-corrected chi connectivity index (χ0v) is 27.1. The third-order valence-corrected chi connectivity index (χ3v) is 10.6. The average molecular weight is 643 g/mol. The third-order valence-electron chi connectivity index (χ3n) is 10.6. The van der Waals surface area contributed by atoms with E-state index in [9.17, 15) is 19.5 Å². The summed E-state index contributed by atoms with van der Waals surface area (Å²) in [5, 5.41) is 19.0. The van der Waals surface area contributed by atoms with Crippen molar-refractivity contribution in [2.24, 2.45) is 10.8 Å². The van der Waals surface area contributed by atoms with Crippen molar-refractivity contribution in [3.05, 3.63) is 59.3 Å². The summed E-state index contributed by atoms with van der Waals surface area (Å²) in [7, 11) is 0.